The minimum absolute atomic E-state index is 0.0578. The number of ketones is 1. The van der Waals surface area contributed by atoms with Crippen LogP contribution < -0.4 is 19.5 Å². The number of nitrogens with zero attached hydrogens (tertiary/aromatic N) is 1. The van der Waals surface area contributed by atoms with Gasteiger partial charge in [0.15, 0.2) is 5.78 Å². The second-order valence-electron chi connectivity index (χ2n) is 7.50. The van der Waals surface area contributed by atoms with E-state index in [1.54, 1.807) is 56.4 Å². The molecule has 9 heteroatoms. The molecule has 0 radical (unpaired) electrons. The lowest BCUT2D eigenvalue weighted by Gasteiger charge is -2.35. The van der Waals surface area contributed by atoms with Gasteiger partial charge in [0.1, 0.15) is 23.9 Å². The average molecular weight is 469 g/mol. The Morgan fingerprint density at radius 3 is 2.29 bits per heavy atom. The van der Waals surface area contributed by atoms with Gasteiger partial charge in [-0.25, -0.2) is 9.59 Å². The highest BCUT2D eigenvalue weighted by atomic mass is 16.5. The van der Waals surface area contributed by atoms with Crippen molar-refractivity contribution < 1.29 is 33.3 Å². The van der Waals surface area contributed by atoms with Crippen LogP contribution in [0.2, 0.25) is 0 Å². The van der Waals surface area contributed by atoms with Crippen LogP contribution in [0, 0.1) is 0 Å². The molecule has 0 unspecified atom stereocenters. The molecular formula is C25H28N2O7. The number of methoxy groups -OCH3 is 2. The number of amides is 2. The smallest absolute Gasteiger partial charge is 0.338 e. The van der Waals surface area contributed by atoms with Gasteiger partial charge >= 0.3 is 12.0 Å². The van der Waals surface area contributed by atoms with Crippen LogP contribution >= 0.6 is 0 Å². The molecule has 1 aliphatic rings. The molecule has 0 saturated heterocycles. The van der Waals surface area contributed by atoms with Crippen molar-refractivity contribution in [1.82, 2.24) is 10.2 Å². The molecule has 0 bridgehead atoms. The van der Waals surface area contributed by atoms with Gasteiger partial charge in [-0.1, -0.05) is 0 Å². The van der Waals surface area contributed by atoms with Crippen molar-refractivity contribution in [2.75, 3.05) is 34.5 Å². The summed E-state index contributed by atoms with van der Waals surface area (Å²) in [7, 11) is 4.58. The van der Waals surface area contributed by atoms with Gasteiger partial charge in [-0.15, -0.1) is 0 Å². The molecule has 0 aliphatic carbocycles. The number of carbonyl (C=O) groups is 3. The van der Waals surface area contributed by atoms with Gasteiger partial charge in [0.2, 0.25) is 0 Å². The van der Waals surface area contributed by atoms with Crippen LogP contribution in [0.1, 0.15) is 35.8 Å². The van der Waals surface area contributed by atoms with Gasteiger partial charge < -0.3 is 24.3 Å². The highest BCUT2D eigenvalue weighted by Crippen LogP contribution is 2.37. The lowest BCUT2D eigenvalue weighted by molar-refractivity contribution is -0.139. The fourth-order valence-corrected chi connectivity index (χ4v) is 3.62. The van der Waals surface area contributed by atoms with E-state index in [9.17, 15) is 14.4 Å². The first-order chi connectivity index (χ1) is 16.3. The predicted molar refractivity (Wildman–Crippen MR) is 124 cm³/mol. The van der Waals surface area contributed by atoms with Crippen molar-refractivity contribution in [3.05, 3.63) is 64.9 Å². The quantitative estimate of drug-likeness (QED) is 0.444. The van der Waals surface area contributed by atoms with Gasteiger partial charge in [0.05, 0.1) is 38.1 Å². The number of hydrogen-bond donors (Lipinski definition) is 1. The third kappa shape index (κ3) is 5.14. The minimum Gasteiger partial charge on any atom is -0.497 e. The van der Waals surface area contributed by atoms with Gasteiger partial charge in [-0.3, -0.25) is 9.69 Å². The largest absolute Gasteiger partial charge is 0.497 e. The number of urea groups is 1. The van der Waals surface area contributed by atoms with E-state index in [4.69, 9.17) is 18.9 Å². The van der Waals surface area contributed by atoms with Gasteiger partial charge in [0, 0.05) is 18.2 Å². The fourth-order valence-electron chi connectivity index (χ4n) is 3.62. The maximum atomic E-state index is 13.1. The van der Waals surface area contributed by atoms with Gasteiger partial charge in [0.25, 0.3) is 0 Å². The topological polar surface area (TPSA) is 103 Å². The zero-order chi connectivity index (χ0) is 24.8. The van der Waals surface area contributed by atoms with E-state index in [2.05, 4.69) is 5.32 Å². The highest BCUT2D eigenvalue weighted by molar-refractivity contribution is 5.95. The van der Waals surface area contributed by atoms with Crippen molar-refractivity contribution in [3.63, 3.8) is 0 Å². The van der Waals surface area contributed by atoms with E-state index in [1.807, 2.05) is 0 Å². The van der Waals surface area contributed by atoms with E-state index < -0.39 is 18.0 Å². The Morgan fingerprint density at radius 2 is 1.71 bits per heavy atom. The number of hydrogen-bond acceptors (Lipinski definition) is 7. The third-order valence-corrected chi connectivity index (χ3v) is 5.46. The molecule has 34 heavy (non-hydrogen) atoms. The summed E-state index contributed by atoms with van der Waals surface area (Å²) in [6, 6.07) is 10.5. The molecule has 2 aromatic carbocycles. The third-order valence-electron chi connectivity index (χ3n) is 5.46. The molecule has 180 valence electrons. The van der Waals surface area contributed by atoms with Crippen molar-refractivity contribution in [3.8, 4) is 17.2 Å². The van der Waals surface area contributed by atoms with Crippen molar-refractivity contribution in [1.29, 1.82) is 0 Å². The summed E-state index contributed by atoms with van der Waals surface area (Å²) >= 11 is 0. The molecule has 0 saturated carbocycles. The van der Waals surface area contributed by atoms with E-state index in [1.165, 1.54) is 26.0 Å². The fraction of sp³-hybridized carbons (Fsp3) is 0.320. The molecule has 3 rings (SSSR count). The number of rotatable bonds is 9. The number of carbonyl (C=O) groups excluding carboxylic acids is 3. The maximum absolute atomic E-state index is 13.1. The molecule has 2 aromatic rings. The van der Waals surface area contributed by atoms with Crippen molar-refractivity contribution in [2.45, 2.75) is 19.9 Å². The summed E-state index contributed by atoms with van der Waals surface area (Å²) in [6.07, 6.45) is 0. The van der Waals surface area contributed by atoms with Crippen molar-refractivity contribution in [2.24, 2.45) is 0 Å². The van der Waals surface area contributed by atoms with Crippen LogP contribution in [-0.2, 0) is 9.53 Å². The minimum atomic E-state index is -0.855. The number of likely N-dealkylation sites (N-methyl/N-ethyl adjacent to an activating group) is 1. The Bertz CT molecular complexity index is 1110. The second-order valence-corrected chi connectivity index (χ2v) is 7.50. The lowest BCUT2D eigenvalue weighted by atomic mass is 9.93. The Labute approximate surface area is 198 Å². The van der Waals surface area contributed by atoms with Crippen LogP contribution in [0.5, 0.6) is 17.2 Å². The number of nitrogens with one attached hydrogen (secondary N) is 1. The molecule has 0 fully saturated rings. The summed E-state index contributed by atoms with van der Waals surface area (Å²) in [5.74, 6) is 0.844. The Balaban J connectivity index is 2.06. The molecule has 1 heterocycles. The first kappa shape index (κ1) is 24.6. The number of Topliss-reactive ketones (excluding diaryl/α,β-unsaturated/α-hetero) is 1. The summed E-state index contributed by atoms with van der Waals surface area (Å²) < 4.78 is 22.0. The van der Waals surface area contributed by atoms with Gasteiger partial charge in [-0.05, 0) is 56.3 Å². The standard InChI is InChI=1S/C25H28N2O7/c1-6-33-24(29)22-20(14-34-17-9-7-16(8-10-17)15(2)28)27(3)25(30)26-23(22)19-13-18(31-4)11-12-21(19)32-5/h7-13,23H,6,14H2,1-5H3,(H,26,30)/t23-/m1/s1. The van der Waals surface area contributed by atoms with E-state index in [0.717, 1.165) is 0 Å². The molecule has 0 aromatic heterocycles. The molecular weight excluding hydrogens is 440 g/mol. The summed E-state index contributed by atoms with van der Waals surface area (Å²) in [4.78, 5) is 38.8. The maximum Gasteiger partial charge on any atom is 0.338 e. The SMILES string of the molecule is CCOC(=O)C1=C(COc2ccc(C(C)=O)cc2)N(C)C(=O)N[C@@H]1c1cc(OC)ccc1OC. The Morgan fingerprint density at radius 1 is 1.03 bits per heavy atom. The van der Waals surface area contributed by atoms with E-state index in [0.29, 0.717) is 34.1 Å². The normalized spacial score (nSPS) is 15.5. The second kappa shape index (κ2) is 10.7. The Hall–Kier alpha value is -4.01. The first-order valence-electron chi connectivity index (χ1n) is 10.7. The number of esters is 1. The molecule has 9 nitrogen and oxygen atoms in total. The predicted octanol–water partition coefficient (Wildman–Crippen LogP) is 3.50. The van der Waals surface area contributed by atoms with Crippen molar-refractivity contribution >= 4 is 17.8 Å². The van der Waals surface area contributed by atoms with Crippen LogP contribution in [0.25, 0.3) is 0 Å². The zero-order valence-electron chi connectivity index (χ0n) is 19.8. The van der Waals surface area contributed by atoms with Crippen LogP contribution in [0.4, 0.5) is 4.79 Å². The molecule has 1 aliphatic heterocycles. The van der Waals surface area contributed by atoms with Crippen LogP contribution in [0.15, 0.2) is 53.7 Å². The molecule has 2 amide bonds. The first-order valence-corrected chi connectivity index (χ1v) is 10.7. The van der Waals surface area contributed by atoms with E-state index in [-0.39, 0.29) is 24.6 Å². The lowest BCUT2D eigenvalue weighted by Crippen LogP contribution is -2.48. The summed E-state index contributed by atoms with van der Waals surface area (Å²) in [5.41, 5.74) is 1.65. The number of benzene rings is 2. The summed E-state index contributed by atoms with van der Waals surface area (Å²) in [6.45, 7) is 3.26. The van der Waals surface area contributed by atoms with Crippen LogP contribution in [-0.4, -0.2) is 57.2 Å². The Kier molecular flexibility index (Phi) is 7.78. The highest BCUT2D eigenvalue weighted by Gasteiger charge is 2.38. The monoisotopic (exact) mass is 468 g/mol. The zero-order valence-corrected chi connectivity index (χ0v) is 19.8. The average Bonchev–Trinajstić information content (AvgIpc) is 2.84. The van der Waals surface area contributed by atoms with E-state index >= 15 is 0 Å². The van der Waals surface area contributed by atoms with Crippen LogP contribution in [0.3, 0.4) is 0 Å². The molecule has 1 N–H and O–H groups in total. The van der Waals surface area contributed by atoms with Gasteiger partial charge in [-0.2, -0.15) is 0 Å². The molecule has 1 atom stereocenters. The number of ether oxygens (including phenoxy) is 4. The summed E-state index contributed by atoms with van der Waals surface area (Å²) in [5, 5.41) is 2.85. The molecule has 0 spiro atoms.